The van der Waals surface area contributed by atoms with Gasteiger partial charge in [0.05, 0.1) is 6.54 Å². The van der Waals surface area contributed by atoms with E-state index in [0.717, 1.165) is 38.3 Å². The number of pyridine rings is 1. The molecule has 3 heterocycles. The molecule has 1 saturated heterocycles. The van der Waals surface area contributed by atoms with Crippen molar-refractivity contribution in [1.82, 2.24) is 24.7 Å². The van der Waals surface area contributed by atoms with Gasteiger partial charge in [-0.05, 0) is 30.2 Å². The first-order valence-electron chi connectivity index (χ1n) is 10.8. The molecule has 0 aliphatic carbocycles. The molecule has 0 radical (unpaired) electrons. The standard InChI is InChI=1S/C24H29N5O2/c1-2-29(17-21-8-10-25-11-9-21)24(30)22-19-31-23(26-22)18-28-14-12-27(13-15-28)16-20-6-4-3-5-7-20/h3-11,19H,2,12-18H2,1H3. The Balaban J connectivity index is 1.28. The molecule has 1 aliphatic rings. The Morgan fingerprint density at radius 3 is 2.32 bits per heavy atom. The van der Waals surface area contributed by atoms with Crippen molar-refractivity contribution < 1.29 is 9.21 Å². The van der Waals surface area contributed by atoms with Gasteiger partial charge in [0.15, 0.2) is 5.69 Å². The zero-order valence-corrected chi connectivity index (χ0v) is 18.0. The number of carbonyl (C=O) groups excluding carboxylic acids is 1. The van der Waals surface area contributed by atoms with Crippen LogP contribution in [0.25, 0.3) is 0 Å². The van der Waals surface area contributed by atoms with E-state index in [1.54, 1.807) is 17.3 Å². The van der Waals surface area contributed by atoms with E-state index in [1.807, 2.05) is 19.1 Å². The summed E-state index contributed by atoms with van der Waals surface area (Å²) in [5.41, 5.74) is 2.76. The third-order valence-electron chi connectivity index (χ3n) is 5.64. The Morgan fingerprint density at radius 2 is 1.65 bits per heavy atom. The summed E-state index contributed by atoms with van der Waals surface area (Å²) in [7, 11) is 0. The number of carbonyl (C=O) groups is 1. The summed E-state index contributed by atoms with van der Waals surface area (Å²) in [6, 6.07) is 14.4. The van der Waals surface area contributed by atoms with Crippen molar-refractivity contribution in [3.63, 3.8) is 0 Å². The van der Waals surface area contributed by atoms with Crippen molar-refractivity contribution in [2.24, 2.45) is 0 Å². The molecule has 1 amide bonds. The average molecular weight is 420 g/mol. The van der Waals surface area contributed by atoms with E-state index < -0.39 is 0 Å². The molecule has 0 N–H and O–H groups in total. The molecule has 1 fully saturated rings. The van der Waals surface area contributed by atoms with Gasteiger partial charge in [0.2, 0.25) is 5.89 Å². The van der Waals surface area contributed by atoms with Crippen molar-refractivity contribution in [3.8, 4) is 0 Å². The fourth-order valence-electron chi connectivity index (χ4n) is 3.82. The van der Waals surface area contributed by atoms with E-state index >= 15 is 0 Å². The highest BCUT2D eigenvalue weighted by Gasteiger charge is 2.22. The molecule has 1 aliphatic heterocycles. The molecule has 7 nitrogen and oxygen atoms in total. The highest BCUT2D eigenvalue weighted by atomic mass is 16.3. The van der Waals surface area contributed by atoms with E-state index in [9.17, 15) is 4.79 Å². The van der Waals surface area contributed by atoms with Crippen LogP contribution in [0.2, 0.25) is 0 Å². The van der Waals surface area contributed by atoms with Crippen LogP contribution in [-0.2, 0) is 19.6 Å². The second-order valence-corrected chi connectivity index (χ2v) is 7.84. The lowest BCUT2D eigenvalue weighted by Crippen LogP contribution is -2.45. The van der Waals surface area contributed by atoms with E-state index in [0.29, 0.717) is 31.2 Å². The fourth-order valence-corrected chi connectivity index (χ4v) is 3.82. The predicted molar refractivity (Wildman–Crippen MR) is 118 cm³/mol. The molecule has 0 saturated carbocycles. The van der Waals surface area contributed by atoms with Crippen molar-refractivity contribution in [2.45, 2.75) is 26.6 Å². The van der Waals surface area contributed by atoms with Crippen LogP contribution in [0.3, 0.4) is 0 Å². The largest absolute Gasteiger partial charge is 0.447 e. The Labute approximate surface area is 183 Å². The number of benzene rings is 1. The molecule has 1 aromatic carbocycles. The van der Waals surface area contributed by atoms with Gasteiger partial charge in [-0.2, -0.15) is 0 Å². The van der Waals surface area contributed by atoms with Crippen LogP contribution in [0.1, 0.15) is 34.4 Å². The predicted octanol–water partition coefficient (Wildman–Crippen LogP) is 3.05. The molecule has 0 spiro atoms. The van der Waals surface area contributed by atoms with Crippen LogP contribution < -0.4 is 0 Å². The number of hydrogen-bond donors (Lipinski definition) is 0. The quantitative estimate of drug-likeness (QED) is 0.559. The third-order valence-corrected chi connectivity index (χ3v) is 5.64. The van der Waals surface area contributed by atoms with E-state index in [4.69, 9.17) is 4.42 Å². The molecular weight excluding hydrogens is 390 g/mol. The van der Waals surface area contributed by atoms with Gasteiger partial charge in [-0.15, -0.1) is 0 Å². The summed E-state index contributed by atoms with van der Waals surface area (Å²) in [6.45, 7) is 8.65. The van der Waals surface area contributed by atoms with Gasteiger partial charge in [-0.3, -0.25) is 19.6 Å². The Kier molecular flexibility index (Phi) is 7.07. The molecule has 4 rings (SSSR count). The van der Waals surface area contributed by atoms with E-state index in [1.165, 1.54) is 11.8 Å². The van der Waals surface area contributed by atoms with Gasteiger partial charge in [0, 0.05) is 58.2 Å². The lowest BCUT2D eigenvalue weighted by atomic mass is 10.2. The van der Waals surface area contributed by atoms with E-state index in [-0.39, 0.29) is 5.91 Å². The molecule has 7 heteroatoms. The first kappa shape index (κ1) is 21.2. The van der Waals surface area contributed by atoms with Gasteiger partial charge in [0.1, 0.15) is 6.26 Å². The number of nitrogens with zero attached hydrogens (tertiary/aromatic N) is 5. The molecule has 31 heavy (non-hydrogen) atoms. The van der Waals surface area contributed by atoms with Crippen LogP contribution in [-0.4, -0.2) is 63.3 Å². The maximum Gasteiger partial charge on any atom is 0.276 e. The molecular formula is C24H29N5O2. The molecule has 0 unspecified atom stereocenters. The highest BCUT2D eigenvalue weighted by molar-refractivity contribution is 5.91. The Bertz CT molecular complexity index is 952. The summed E-state index contributed by atoms with van der Waals surface area (Å²) in [5, 5.41) is 0. The second kappa shape index (κ2) is 10.3. The van der Waals surface area contributed by atoms with Gasteiger partial charge < -0.3 is 9.32 Å². The van der Waals surface area contributed by atoms with E-state index in [2.05, 4.69) is 50.1 Å². The maximum atomic E-state index is 12.9. The van der Waals surface area contributed by atoms with Crippen LogP contribution in [0.5, 0.6) is 0 Å². The summed E-state index contributed by atoms with van der Waals surface area (Å²) >= 11 is 0. The zero-order chi connectivity index (χ0) is 21.5. The average Bonchev–Trinajstić information content (AvgIpc) is 3.28. The molecule has 3 aromatic rings. The molecule has 0 atom stereocenters. The van der Waals surface area contributed by atoms with Gasteiger partial charge in [-0.25, -0.2) is 4.98 Å². The van der Waals surface area contributed by atoms with Crippen LogP contribution in [0.15, 0.2) is 65.5 Å². The first-order valence-corrected chi connectivity index (χ1v) is 10.8. The summed E-state index contributed by atoms with van der Waals surface area (Å²) in [4.78, 5) is 27.9. The number of hydrogen-bond acceptors (Lipinski definition) is 6. The molecule has 2 aromatic heterocycles. The van der Waals surface area contributed by atoms with Crippen molar-refractivity contribution in [2.75, 3.05) is 32.7 Å². The number of aromatic nitrogens is 2. The normalized spacial score (nSPS) is 15.1. The number of amides is 1. The Morgan fingerprint density at radius 1 is 0.968 bits per heavy atom. The van der Waals surface area contributed by atoms with Crippen molar-refractivity contribution in [3.05, 3.63) is 83.8 Å². The number of oxazole rings is 1. The topological polar surface area (TPSA) is 65.7 Å². The minimum absolute atomic E-state index is 0.109. The fraction of sp³-hybridized carbons (Fsp3) is 0.375. The summed E-state index contributed by atoms with van der Waals surface area (Å²) in [5.74, 6) is 0.488. The van der Waals surface area contributed by atoms with Gasteiger partial charge >= 0.3 is 0 Å². The summed E-state index contributed by atoms with van der Waals surface area (Å²) in [6.07, 6.45) is 4.96. The molecule has 162 valence electrons. The lowest BCUT2D eigenvalue weighted by Gasteiger charge is -2.34. The minimum atomic E-state index is -0.109. The SMILES string of the molecule is CCN(Cc1ccncc1)C(=O)c1coc(CN2CCN(Cc3ccccc3)CC2)n1. The maximum absolute atomic E-state index is 12.9. The zero-order valence-electron chi connectivity index (χ0n) is 18.0. The van der Waals surface area contributed by atoms with Gasteiger partial charge in [-0.1, -0.05) is 30.3 Å². The monoisotopic (exact) mass is 419 g/mol. The number of rotatable bonds is 8. The van der Waals surface area contributed by atoms with Crippen molar-refractivity contribution >= 4 is 5.91 Å². The summed E-state index contributed by atoms with van der Waals surface area (Å²) < 4.78 is 5.63. The number of piperazine rings is 1. The molecule has 0 bridgehead atoms. The van der Waals surface area contributed by atoms with Crippen LogP contribution in [0.4, 0.5) is 0 Å². The van der Waals surface area contributed by atoms with Crippen LogP contribution >= 0.6 is 0 Å². The highest BCUT2D eigenvalue weighted by Crippen LogP contribution is 2.14. The van der Waals surface area contributed by atoms with Crippen LogP contribution in [0, 0.1) is 0 Å². The van der Waals surface area contributed by atoms with Gasteiger partial charge in [0.25, 0.3) is 5.91 Å². The first-order chi connectivity index (χ1) is 15.2. The smallest absolute Gasteiger partial charge is 0.276 e. The van der Waals surface area contributed by atoms with Crippen molar-refractivity contribution in [1.29, 1.82) is 0 Å². The lowest BCUT2D eigenvalue weighted by molar-refractivity contribution is 0.0746. The third kappa shape index (κ3) is 5.77. The minimum Gasteiger partial charge on any atom is -0.447 e. The second-order valence-electron chi connectivity index (χ2n) is 7.84. The Hall–Kier alpha value is -3.03.